The van der Waals surface area contributed by atoms with Crippen molar-refractivity contribution in [1.29, 1.82) is 0 Å². The molecule has 57 heavy (non-hydrogen) atoms. The zero-order valence-corrected chi connectivity index (χ0v) is 32.8. The minimum atomic E-state index is -0.957. The lowest BCUT2D eigenvalue weighted by Crippen LogP contribution is -2.48. The maximum Gasteiger partial charge on any atom is 0.331 e. The first kappa shape index (κ1) is 40.2. The predicted octanol–water partition coefficient (Wildman–Crippen LogP) is 5.22. The summed E-state index contributed by atoms with van der Waals surface area (Å²) in [5.41, 5.74) is 2.82. The lowest BCUT2D eigenvalue weighted by molar-refractivity contribution is -0.154. The Balaban J connectivity index is 0.846. The fourth-order valence-electron chi connectivity index (χ4n) is 8.02. The van der Waals surface area contributed by atoms with Crippen LogP contribution in [0.25, 0.3) is 10.9 Å². The molecular weight excluding hydrogens is 743 g/mol. The average Bonchev–Trinajstić information content (AvgIpc) is 3.85. The van der Waals surface area contributed by atoms with Gasteiger partial charge in [-0.15, -0.1) is 11.3 Å². The van der Waals surface area contributed by atoms with E-state index in [2.05, 4.69) is 31.9 Å². The molecule has 2 atom stereocenters. The number of pyridine rings is 1. The van der Waals surface area contributed by atoms with E-state index in [9.17, 15) is 29.7 Å². The number of phenols is 2. The maximum absolute atomic E-state index is 14.0. The number of carbonyl (C=O) groups is 2. The summed E-state index contributed by atoms with van der Waals surface area (Å²) in [6.45, 7) is 4.86. The fourth-order valence-corrected chi connectivity index (χ4v) is 8.88. The molecule has 300 valence electrons. The standard InChI is InChI=1S/C44H51N5O7S/c50-32-8-5-6-30(24-32)27-49-22-17-29(18-23-49)28-56-43(55)44(19-16-31-7-1-2-9-36(31)44)47-25-33-10-14-39(57-33)42(54)46-21-4-3-20-45-26-38(52)34-11-13-37(51)41-35(34)12-15-40(53)48-41/h1-2,5-15,24,29,38,45,47,50-52H,3-4,16-23,25-28H2,(H,46,54)(H,48,53)/t38-,44?/m0/s1. The molecule has 2 aliphatic rings. The third-order valence-electron chi connectivity index (χ3n) is 11.2. The first-order chi connectivity index (χ1) is 27.7. The second kappa shape index (κ2) is 18.5. The molecule has 0 saturated carbocycles. The minimum Gasteiger partial charge on any atom is -0.508 e. The van der Waals surface area contributed by atoms with Crippen LogP contribution in [-0.4, -0.2) is 76.4 Å². The van der Waals surface area contributed by atoms with Crippen LogP contribution in [-0.2, 0) is 34.6 Å². The quantitative estimate of drug-likeness (QED) is 0.0489. The molecule has 2 aromatic heterocycles. The van der Waals surface area contributed by atoms with Crippen LogP contribution in [0.1, 0.15) is 75.0 Å². The van der Waals surface area contributed by atoms with Crippen LogP contribution in [0.3, 0.4) is 0 Å². The van der Waals surface area contributed by atoms with Crippen molar-refractivity contribution in [3.8, 4) is 11.5 Å². The highest BCUT2D eigenvalue weighted by Crippen LogP contribution is 2.39. The van der Waals surface area contributed by atoms with Crippen molar-refractivity contribution in [3.63, 3.8) is 0 Å². The molecule has 0 radical (unpaired) electrons. The number of hydrogen-bond acceptors (Lipinski definition) is 11. The summed E-state index contributed by atoms with van der Waals surface area (Å²) in [5, 5.41) is 41.1. The summed E-state index contributed by atoms with van der Waals surface area (Å²) in [7, 11) is 0. The first-order valence-electron chi connectivity index (χ1n) is 19.8. The number of likely N-dealkylation sites (tertiary alicyclic amines) is 1. The Morgan fingerprint density at radius 3 is 2.63 bits per heavy atom. The molecule has 3 heterocycles. The van der Waals surface area contributed by atoms with Crippen molar-refractivity contribution < 1.29 is 29.6 Å². The lowest BCUT2D eigenvalue weighted by atomic mass is 9.91. The summed E-state index contributed by atoms with van der Waals surface area (Å²) in [6.07, 6.45) is 3.97. The van der Waals surface area contributed by atoms with Gasteiger partial charge in [-0.05, 0) is 123 Å². The molecule has 0 bridgehead atoms. The SMILES string of the molecule is O=C(NCCCCNC[C@H](O)c1ccc(O)c2[nH]c(=O)ccc12)c1ccc(CNC2(C(=O)OCC3CCN(Cc4cccc(O)c4)CC3)CCc3ccccc32)s1. The molecule has 1 aliphatic heterocycles. The number of aromatic hydroxyl groups is 2. The van der Waals surface area contributed by atoms with Crippen molar-refractivity contribution >= 4 is 34.1 Å². The molecule has 7 N–H and O–H groups in total. The van der Waals surface area contributed by atoms with Crippen LogP contribution in [0.4, 0.5) is 0 Å². The van der Waals surface area contributed by atoms with Gasteiger partial charge in [0.1, 0.15) is 17.0 Å². The molecule has 7 rings (SSSR count). The van der Waals surface area contributed by atoms with Gasteiger partial charge in [-0.3, -0.25) is 19.8 Å². The van der Waals surface area contributed by atoms with Gasteiger partial charge < -0.3 is 35.7 Å². The molecule has 0 spiro atoms. The Labute approximate surface area is 335 Å². The molecule has 12 nitrogen and oxygen atoms in total. The molecule has 1 saturated heterocycles. The van der Waals surface area contributed by atoms with Crippen LogP contribution >= 0.6 is 11.3 Å². The van der Waals surface area contributed by atoms with E-state index in [4.69, 9.17) is 4.74 Å². The number of piperidine rings is 1. The van der Waals surface area contributed by atoms with Gasteiger partial charge in [-0.2, -0.15) is 0 Å². The number of thiophene rings is 1. The molecule has 1 unspecified atom stereocenters. The van der Waals surface area contributed by atoms with Crippen LogP contribution in [0.5, 0.6) is 11.5 Å². The highest BCUT2D eigenvalue weighted by molar-refractivity contribution is 7.14. The lowest BCUT2D eigenvalue weighted by Gasteiger charge is -2.33. The van der Waals surface area contributed by atoms with E-state index >= 15 is 0 Å². The number of aliphatic hydroxyl groups is 1. The van der Waals surface area contributed by atoms with Gasteiger partial charge in [0.15, 0.2) is 0 Å². The summed E-state index contributed by atoms with van der Waals surface area (Å²) in [6, 6.07) is 25.3. The third-order valence-corrected chi connectivity index (χ3v) is 12.3. The molecular formula is C44H51N5O7S. The predicted molar refractivity (Wildman–Crippen MR) is 220 cm³/mol. The van der Waals surface area contributed by atoms with E-state index in [0.29, 0.717) is 60.6 Å². The van der Waals surface area contributed by atoms with Crippen LogP contribution in [0.15, 0.2) is 89.7 Å². The Kier molecular flexibility index (Phi) is 13.0. The van der Waals surface area contributed by atoms with Gasteiger partial charge in [-0.1, -0.05) is 42.5 Å². The van der Waals surface area contributed by atoms with Crippen LogP contribution < -0.4 is 21.5 Å². The molecule has 1 amide bonds. The Morgan fingerprint density at radius 2 is 1.79 bits per heavy atom. The van der Waals surface area contributed by atoms with Gasteiger partial charge in [0.2, 0.25) is 5.56 Å². The number of fused-ring (bicyclic) bond motifs is 2. The normalized spacial score (nSPS) is 17.7. The highest BCUT2D eigenvalue weighted by atomic mass is 32.1. The zero-order valence-electron chi connectivity index (χ0n) is 32.0. The van der Waals surface area contributed by atoms with Gasteiger partial charge >= 0.3 is 5.97 Å². The Hall–Kier alpha value is -5.05. The summed E-state index contributed by atoms with van der Waals surface area (Å²) in [5.74, 6) is 0.133. The number of esters is 1. The second-order valence-electron chi connectivity index (χ2n) is 15.1. The monoisotopic (exact) mass is 793 g/mol. The first-order valence-corrected chi connectivity index (χ1v) is 20.6. The van der Waals surface area contributed by atoms with Gasteiger partial charge in [0.05, 0.1) is 23.1 Å². The number of phenolic OH excluding ortho intramolecular Hbond substituents is 2. The van der Waals surface area contributed by atoms with Gasteiger partial charge in [0, 0.05) is 42.5 Å². The summed E-state index contributed by atoms with van der Waals surface area (Å²) >= 11 is 1.41. The van der Waals surface area contributed by atoms with Crippen molar-refractivity contribution in [3.05, 3.63) is 127 Å². The smallest absolute Gasteiger partial charge is 0.331 e. The van der Waals surface area contributed by atoms with Crippen molar-refractivity contribution in [2.24, 2.45) is 5.92 Å². The Morgan fingerprint density at radius 1 is 0.965 bits per heavy atom. The Bertz CT molecular complexity index is 2230. The average molecular weight is 794 g/mol. The number of nitrogens with zero attached hydrogens (tertiary/aromatic N) is 1. The number of H-pyrrole nitrogens is 1. The zero-order chi connectivity index (χ0) is 39.8. The number of amides is 1. The number of nitrogens with one attached hydrogen (secondary N) is 4. The maximum atomic E-state index is 14.0. The van der Waals surface area contributed by atoms with Crippen molar-refractivity contribution in [2.75, 3.05) is 39.3 Å². The number of unbranched alkanes of at least 4 members (excludes halogenated alkanes) is 1. The van der Waals surface area contributed by atoms with Crippen LogP contribution in [0.2, 0.25) is 0 Å². The number of aromatic nitrogens is 1. The minimum absolute atomic E-state index is 0.0486. The van der Waals surface area contributed by atoms with E-state index in [1.807, 2.05) is 42.5 Å². The second-order valence-corrected chi connectivity index (χ2v) is 16.3. The largest absolute Gasteiger partial charge is 0.508 e. The van der Waals surface area contributed by atoms with Crippen molar-refractivity contribution in [1.82, 2.24) is 25.8 Å². The summed E-state index contributed by atoms with van der Waals surface area (Å²) in [4.78, 5) is 45.2. The molecule has 1 fully saturated rings. The van der Waals surface area contributed by atoms with E-state index in [0.717, 1.165) is 73.3 Å². The number of carbonyl (C=O) groups excluding carboxylic acids is 2. The number of benzene rings is 3. The van der Waals surface area contributed by atoms with Gasteiger partial charge in [0.25, 0.3) is 5.91 Å². The number of rotatable bonds is 17. The van der Waals surface area contributed by atoms with E-state index in [1.165, 1.54) is 23.5 Å². The van der Waals surface area contributed by atoms with Crippen molar-refractivity contribution in [2.45, 2.75) is 63.3 Å². The van der Waals surface area contributed by atoms with E-state index < -0.39 is 11.6 Å². The van der Waals surface area contributed by atoms with E-state index in [-0.39, 0.29) is 34.9 Å². The molecule has 5 aromatic rings. The number of hydrogen-bond donors (Lipinski definition) is 7. The topological polar surface area (TPSA) is 176 Å². The fraction of sp³-hybridized carbons (Fsp3) is 0.386. The molecule has 3 aromatic carbocycles. The molecule has 1 aliphatic carbocycles. The van der Waals surface area contributed by atoms with Gasteiger partial charge in [-0.25, -0.2) is 4.79 Å². The third kappa shape index (κ3) is 9.74. The number of ether oxygens (including phenoxy) is 1. The van der Waals surface area contributed by atoms with Crippen LogP contribution in [0, 0.1) is 5.92 Å². The number of aliphatic hydroxyl groups excluding tert-OH is 1. The van der Waals surface area contributed by atoms with E-state index in [1.54, 1.807) is 24.3 Å². The molecule has 13 heteroatoms. The number of aryl methyl sites for hydroxylation is 1. The summed E-state index contributed by atoms with van der Waals surface area (Å²) < 4.78 is 6.11. The highest BCUT2D eigenvalue weighted by Gasteiger charge is 2.46. The number of aromatic amines is 1.